The van der Waals surface area contributed by atoms with Gasteiger partial charge in [0.2, 0.25) is 5.91 Å². The Morgan fingerprint density at radius 2 is 1.77 bits per heavy atom. The SMILES string of the molecule is CCN1CCN(c2ccc(NC(=O)Cc3c(C)nc4ccccc4c3C)c(C)c2)CC1. The zero-order valence-electron chi connectivity index (χ0n) is 19.0. The molecule has 1 amide bonds. The van der Waals surface area contributed by atoms with Crippen LogP contribution in [0.4, 0.5) is 11.4 Å². The molecule has 2 aromatic carbocycles. The molecule has 0 aliphatic carbocycles. The maximum Gasteiger partial charge on any atom is 0.228 e. The number of carbonyl (C=O) groups excluding carboxylic acids is 1. The summed E-state index contributed by atoms with van der Waals surface area (Å²) in [5.41, 5.74) is 7.25. The average molecular weight is 417 g/mol. The van der Waals surface area contributed by atoms with Gasteiger partial charge in [0.15, 0.2) is 0 Å². The number of carbonyl (C=O) groups is 1. The van der Waals surface area contributed by atoms with E-state index >= 15 is 0 Å². The van der Waals surface area contributed by atoms with Gasteiger partial charge in [0.1, 0.15) is 0 Å². The molecule has 1 aliphatic rings. The number of piperazine rings is 1. The molecule has 0 bridgehead atoms. The first-order valence-corrected chi connectivity index (χ1v) is 11.2. The molecule has 1 saturated heterocycles. The normalized spacial score (nSPS) is 14.8. The van der Waals surface area contributed by atoms with Crippen molar-refractivity contribution in [3.63, 3.8) is 0 Å². The first-order valence-electron chi connectivity index (χ1n) is 11.2. The number of para-hydroxylation sites is 1. The molecule has 4 rings (SSSR count). The third-order valence-electron chi connectivity index (χ3n) is 6.49. The van der Waals surface area contributed by atoms with Crippen LogP contribution in [0.25, 0.3) is 10.9 Å². The van der Waals surface area contributed by atoms with Crippen molar-refractivity contribution in [2.24, 2.45) is 0 Å². The zero-order chi connectivity index (χ0) is 22.0. The highest BCUT2D eigenvalue weighted by molar-refractivity contribution is 5.94. The lowest BCUT2D eigenvalue weighted by Gasteiger charge is -2.35. The number of hydrogen-bond donors (Lipinski definition) is 1. The molecule has 31 heavy (non-hydrogen) atoms. The predicted octanol–water partition coefficient (Wildman–Crippen LogP) is 4.48. The summed E-state index contributed by atoms with van der Waals surface area (Å²) in [4.78, 5) is 22.5. The summed E-state index contributed by atoms with van der Waals surface area (Å²) in [6.45, 7) is 13.8. The lowest BCUT2D eigenvalue weighted by Crippen LogP contribution is -2.46. The standard InChI is InChI=1S/C26H32N4O/c1-5-29-12-14-30(15-13-29)21-10-11-24(18(2)16-21)28-26(31)17-23-19(3)22-8-6-7-9-25(22)27-20(23)4/h6-11,16H,5,12-15,17H2,1-4H3,(H,28,31). The number of fused-ring (bicyclic) bond motifs is 1. The van der Waals surface area contributed by atoms with E-state index in [1.807, 2.05) is 31.2 Å². The van der Waals surface area contributed by atoms with E-state index in [0.29, 0.717) is 6.42 Å². The number of rotatable bonds is 5. The Labute approximate surface area is 185 Å². The minimum absolute atomic E-state index is 0.00399. The maximum absolute atomic E-state index is 12.9. The maximum atomic E-state index is 12.9. The van der Waals surface area contributed by atoms with Gasteiger partial charge in [-0.3, -0.25) is 9.78 Å². The van der Waals surface area contributed by atoms with Crippen molar-refractivity contribution >= 4 is 28.2 Å². The zero-order valence-corrected chi connectivity index (χ0v) is 19.0. The topological polar surface area (TPSA) is 48.5 Å². The van der Waals surface area contributed by atoms with Crippen molar-refractivity contribution in [1.29, 1.82) is 0 Å². The Balaban J connectivity index is 1.46. The first-order chi connectivity index (χ1) is 15.0. The number of benzene rings is 2. The second-order valence-electron chi connectivity index (χ2n) is 8.46. The Morgan fingerprint density at radius 3 is 2.48 bits per heavy atom. The Morgan fingerprint density at radius 1 is 1.03 bits per heavy atom. The number of hydrogen-bond acceptors (Lipinski definition) is 4. The summed E-state index contributed by atoms with van der Waals surface area (Å²) in [5.74, 6) is -0.00399. The number of anilines is 2. The highest BCUT2D eigenvalue weighted by Crippen LogP contribution is 2.26. The van der Waals surface area contributed by atoms with Crippen molar-refractivity contribution in [1.82, 2.24) is 9.88 Å². The van der Waals surface area contributed by atoms with Crippen molar-refractivity contribution in [3.8, 4) is 0 Å². The molecule has 3 aromatic rings. The van der Waals surface area contributed by atoms with Gasteiger partial charge >= 0.3 is 0 Å². The first kappa shape index (κ1) is 21.3. The molecule has 0 radical (unpaired) electrons. The van der Waals surface area contributed by atoms with E-state index in [2.05, 4.69) is 54.1 Å². The summed E-state index contributed by atoms with van der Waals surface area (Å²) < 4.78 is 0. The molecule has 0 unspecified atom stereocenters. The van der Waals surface area contributed by atoms with Crippen molar-refractivity contribution in [3.05, 3.63) is 64.8 Å². The van der Waals surface area contributed by atoms with Gasteiger partial charge < -0.3 is 15.1 Å². The number of likely N-dealkylation sites (N-methyl/N-ethyl adjacent to an activating group) is 1. The Hall–Kier alpha value is -2.92. The lowest BCUT2D eigenvalue weighted by atomic mass is 9.99. The second kappa shape index (κ2) is 9.06. The van der Waals surface area contributed by atoms with Crippen molar-refractivity contribution in [2.45, 2.75) is 34.1 Å². The molecule has 1 fully saturated rings. The summed E-state index contributed by atoms with van der Waals surface area (Å²) in [6.07, 6.45) is 0.329. The Kier molecular flexibility index (Phi) is 6.23. The van der Waals surface area contributed by atoms with Crippen LogP contribution in [0.3, 0.4) is 0 Å². The summed E-state index contributed by atoms with van der Waals surface area (Å²) in [7, 11) is 0. The molecule has 162 valence electrons. The molecule has 5 heteroatoms. The summed E-state index contributed by atoms with van der Waals surface area (Å²) >= 11 is 0. The fourth-order valence-corrected chi connectivity index (χ4v) is 4.49. The molecule has 5 nitrogen and oxygen atoms in total. The van der Waals surface area contributed by atoms with Gasteiger partial charge in [0.05, 0.1) is 11.9 Å². The van der Waals surface area contributed by atoms with Crippen LogP contribution in [0.1, 0.15) is 29.3 Å². The molecule has 1 aliphatic heterocycles. The van der Waals surface area contributed by atoms with Crippen LogP contribution in [0.15, 0.2) is 42.5 Å². The molecular weight excluding hydrogens is 384 g/mol. The highest BCUT2D eigenvalue weighted by atomic mass is 16.1. The van der Waals surface area contributed by atoms with Crippen LogP contribution in [0.5, 0.6) is 0 Å². The van der Waals surface area contributed by atoms with E-state index in [-0.39, 0.29) is 5.91 Å². The fraction of sp³-hybridized carbons (Fsp3) is 0.385. The van der Waals surface area contributed by atoms with E-state index in [0.717, 1.165) is 71.7 Å². The smallest absolute Gasteiger partial charge is 0.228 e. The van der Waals surface area contributed by atoms with E-state index in [1.165, 1.54) is 5.69 Å². The van der Waals surface area contributed by atoms with Gasteiger partial charge in [-0.1, -0.05) is 25.1 Å². The second-order valence-corrected chi connectivity index (χ2v) is 8.46. The molecule has 2 heterocycles. The highest BCUT2D eigenvalue weighted by Gasteiger charge is 2.17. The third-order valence-corrected chi connectivity index (χ3v) is 6.49. The summed E-state index contributed by atoms with van der Waals surface area (Å²) in [5, 5.41) is 4.22. The van der Waals surface area contributed by atoms with Gasteiger partial charge in [-0.15, -0.1) is 0 Å². The van der Waals surface area contributed by atoms with Crippen LogP contribution in [0, 0.1) is 20.8 Å². The van der Waals surface area contributed by atoms with Crippen LogP contribution in [-0.4, -0.2) is 48.5 Å². The monoisotopic (exact) mass is 416 g/mol. The number of aromatic nitrogens is 1. The third kappa shape index (κ3) is 4.57. The minimum atomic E-state index is -0.00399. The average Bonchev–Trinajstić information content (AvgIpc) is 2.78. The van der Waals surface area contributed by atoms with Crippen LogP contribution in [0.2, 0.25) is 0 Å². The van der Waals surface area contributed by atoms with Crippen LogP contribution >= 0.6 is 0 Å². The molecule has 0 saturated carbocycles. The predicted molar refractivity (Wildman–Crippen MR) is 129 cm³/mol. The Bertz CT molecular complexity index is 1100. The van der Waals surface area contributed by atoms with Gasteiger partial charge in [-0.25, -0.2) is 0 Å². The van der Waals surface area contributed by atoms with Gasteiger partial charge in [0.25, 0.3) is 0 Å². The number of amides is 1. The van der Waals surface area contributed by atoms with Gasteiger partial charge in [-0.05, 0) is 68.3 Å². The van der Waals surface area contributed by atoms with E-state index in [9.17, 15) is 4.79 Å². The largest absolute Gasteiger partial charge is 0.369 e. The van der Waals surface area contributed by atoms with E-state index < -0.39 is 0 Å². The minimum Gasteiger partial charge on any atom is -0.369 e. The number of nitrogens with one attached hydrogen (secondary N) is 1. The number of nitrogens with zero attached hydrogens (tertiary/aromatic N) is 3. The molecule has 0 atom stereocenters. The van der Waals surface area contributed by atoms with E-state index in [1.54, 1.807) is 0 Å². The fourth-order valence-electron chi connectivity index (χ4n) is 4.49. The quantitative estimate of drug-likeness (QED) is 0.666. The number of aryl methyl sites for hydroxylation is 3. The van der Waals surface area contributed by atoms with E-state index in [4.69, 9.17) is 4.98 Å². The summed E-state index contributed by atoms with van der Waals surface area (Å²) in [6, 6.07) is 14.4. The molecule has 0 spiro atoms. The van der Waals surface area contributed by atoms with Crippen molar-refractivity contribution < 1.29 is 4.79 Å². The van der Waals surface area contributed by atoms with Crippen molar-refractivity contribution in [2.75, 3.05) is 42.9 Å². The number of pyridine rings is 1. The van der Waals surface area contributed by atoms with Crippen LogP contribution < -0.4 is 10.2 Å². The molecular formula is C26H32N4O. The van der Waals surface area contributed by atoms with Crippen LogP contribution in [-0.2, 0) is 11.2 Å². The van der Waals surface area contributed by atoms with Gasteiger partial charge in [-0.2, -0.15) is 0 Å². The molecule has 1 N–H and O–H groups in total. The van der Waals surface area contributed by atoms with Gasteiger partial charge in [0, 0.05) is 48.6 Å². The molecule has 1 aromatic heterocycles. The lowest BCUT2D eigenvalue weighted by molar-refractivity contribution is -0.115.